The summed E-state index contributed by atoms with van der Waals surface area (Å²) in [4.78, 5) is 19.0. The van der Waals surface area contributed by atoms with Crippen LogP contribution in [-0.2, 0) is 13.1 Å². The lowest BCUT2D eigenvalue weighted by atomic mass is 9.91. The molecule has 0 saturated carbocycles. The molecule has 244 valence electrons. The zero-order valence-corrected chi connectivity index (χ0v) is 29.1. The van der Waals surface area contributed by atoms with Crippen LogP contribution < -0.4 is 14.1 Å². The average molecular weight is 656 g/mol. The van der Waals surface area contributed by atoms with Gasteiger partial charge < -0.3 is 18.8 Å². The first-order valence-corrected chi connectivity index (χ1v) is 17.8. The van der Waals surface area contributed by atoms with Gasteiger partial charge in [-0.15, -0.1) is 0 Å². The number of nitrogens with one attached hydrogen (secondary N) is 1. The van der Waals surface area contributed by atoms with Gasteiger partial charge in [0.05, 0.1) is 12.1 Å². The molecule has 6 nitrogen and oxygen atoms in total. The minimum absolute atomic E-state index is 0.00779. The number of aryl methyl sites for hydroxylation is 4. The van der Waals surface area contributed by atoms with E-state index in [-0.39, 0.29) is 24.2 Å². The summed E-state index contributed by atoms with van der Waals surface area (Å²) in [5.74, 6) is 1.43. The molecule has 1 N–H and O–H groups in total. The molecule has 3 atom stereocenters. The van der Waals surface area contributed by atoms with Crippen molar-refractivity contribution in [1.29, 1.82) is 0 Å². The lowest BCUT2D eigenvalue weighted by Gasteiger charge is -2.30. The third kappa shape index (κ3) is 6.56. The van der Waals surface area contributed by atoms with E-state index < -0.39 is 8.53 Å². The van der Waals surface area contributed by atoms with Crippen LogP contribution in [0.1, 0.15) is 75.1 Å². The van der Waals surface area contributed by atoms with Gasteiger partial charge in [-0.1, -0.05) is 125 Å². The second-order valence-corrected chi connectivity index (χ2v) is 14.3. The maximum absolute atomic E-state index is 14.9. The molecular weight excluding hydrogens is 613 g/mol. The van der Waals surface area contributed by atoms with Crippen LogP contribution in [0.3, 0.4) is 0 Å². The molecule has 0 bridgehead atoms. The number of amides is 2. The van der Waals surface area contributed by atoms with E-state index in [0.29, 0.717) is 24.6 Å². The molecule has 2 amide bonds. The Balaban J connectivity index is 1.38. The SMILES string of the molecule is Cc1cc(C)cc(CN2C(=O)N(Cc3cc(C)cc(C)c3)[C@@H]3c4ccccc4OP(N[C@@H](C)c4ccccc4)Oc4ccccc4[C@H]32)c1. The number of para-hydroxylation sites is 2. The summed E-state index contributed by atoms with van der Waals surface area (Å²) in [7, 11) is -1.61. The normalized spacial score (nSPS) is 18.1. The highest BCUT2D eigenvalue weighted by Gasteiger charge is 2.50. The molecule has 0 unspecified atom stereocenters. The van der Waals surface area contributed by atoms with Crippen molar-refractivity contribution in [2.45, 2.75) is 65.8 Å². The fourth-order valence-corrected chi connectivity index (χ4v) is 8.60. The monoisotopic (exact) mass is 655 g/mol. The predicted molar refractivity (Wildman–Crippen MR) is 193 cm³/mol. The van der Waals surface area contributed by atoms with Crippen LogP contribution in [0.25, 0.3) is 0 Å². The molecule has 0 spiro atoms. The van der Waals surface area contributed by atoms with E-state index in [4.69, 9.17) is 9.05 Å². The number of rotatable bonds is 7. The summed E-state index contributed by atoms with van der Waals surface area (Å²) in [6.45, 7) is 11.5. The Bertz CT molecular complexity index is 1790. The Morgan fingerprint density at radius 1 is 0.625 bits per heavy atom. The third-order valence-electron chi connectivity index (χ3n) is 9.17. The van der Waals surface area contributed by atoms with Crippen molar-refractivity contribution in [2.24, 2.45) is 0 Å². The number of carbonyl (C=O) groups excluding carboxylic acids is 1. The number of hydrogen-bond acceptors (Lipinski definition) is 4. The Kier molecular flexibility index (Phi) is 8.96. The molecule has 2 heterocycles. The molecule has 1 fully saturated rings. The zero-order valence-electron chi connectivity index (χ0n) is 28.2. The summed E-state index contributed by atoms with van der Waals surface area (Å²) in [6, 6.07) is 39.0. The number of fused-ring (bicyclic) bond motifs is 5. The Morgan fingerprint density at radius 2 is 1.04 bits per heavy atom. The first-order valence-electron chi connectivity index (χ1n) is 16.6. The number of carbonyl (C=O) groups is 1. The van der Waals surface area contributed by atoms with Gasteiger partial charge in [-0.3, -0.25) is 0 Å². The molecule has 0 aromatic heterocycles. The van der Waals surface area contributed by atoms with Crippen LogP contribution in [0.2, 0.25) is 0 Å². The van der Waals surface area contributed by atoms with Gasteiger partial charge in [0.25, 0.3) is 0 Å². The van der Waals surface area contributed by atoms with Gasteiger partial charge in [-0.05, 0) is 63.4 Å². The van der Waals surface area contributed by atoms with Crippen LogP contribution in [0, 0.1) is 27.7 Å². The lowest BCUT2D eigenvalue weighted by Crippen LogP contribution is -2.32. The average Bonchev–Trinajstić information content (AvgIpc) is 3.33. The Morgan fingerprint density at radius 3 is 1.50 bits per heavy atom. The maximum atomic E-state index is 14.9. The van der Waals surface area contributed by atoms with Crippen molar-refractivity contribution in [3.63, 3.8) is 0 Å². The number of hydrogen-bond donors (Lipinski definition) is 1. The van der Waals surface area contributed by atoms with E-state index in [2.05, 4.69) is 100 Å². The van der Waals surface area contributed by atoms with Crippen molar-refractivity contribution in [3.8, 4) is 11.5 Å². The van der Waals surface area contributed by atoms with Gasteiger partial charge in [0.1, 0.15) is 11.5 Å². The van der Waals surface area contributed by atoms with Crippen molar-refractivity contribution in [2.75, 3.05) is 0 Å². The molecular formula is C41H42N3O3P. The van der Waals surface area contributed by atoms with Crippen molar-refractivity contribution in [3.05, 3.63) is 165 Å². The number of benzene rings is 5. The number of urea groups is 1. The quantitative estimate of drug-likeness (QED) is 0.177. The lowest BCUT2D eigenvalue weighted by molar-refractivity contribution is 0.180. The van der Waals surface area contributed by atoms with Crippen molar-refractivity contribution < 1.29 is 13.8 Å². The molecule has 0 aliphatic carbocycles. The van der Waals surface area contributed by atoms with Crippen molar-refractivity contribution >= 4 is 14.6 Å². The smallest absolute Gasteiger partial charge is 0.382 e. The van der Waals surface area contributed by atoms with Gasteiger partial charge in [0, 0.05) is 30.3 Å². The van der Waals surface area contributed by atoms with Crippen LogP contribution in [0.5, 0.6) is 11.5 Å². The minimum Gasteiger partial charge on any atom is -0.427 e. The molecule has 2 aliphatic heterocycles. The van der Waals surface area contributed by atoms with Crippen LogP contribution in [0.4, 0.5) is 4.79 Å². The molecule has 1 saturated heterocycles. The summed E-state index contributed by atoms with van der Waals surface area (Å²) >= 11 is 0. The highest BCUT2D eigenvalue weighted by atomic mass is 31.2. The summed E-state index contributed by atoms with van der Waals surface area (Å²) in [6.07, 6.45) is 0. The summed E-state index contributed by atoms with van der Waals surface area (Å²) in [5, 5.41) is 3.64. The highest BCUT2D eigenvalue weighted by molar-refractivity contribution is 7.45. The second kappa shape index (κ2) is 13.5. The molecule has 5 aromatic carbocycles. The van der Waals surface area contributed by atoms with E-state index in [9.17, 15) is 4.79 Å². The molecule has 7 rings (SSSR count). The first-order chi connectivity index (χ1) is 23.2. The Hall–Kier alpha value is -4.64. The third-order valence-corrected chi connectivity index (χ3v) is 10.5. The topological polar surface area (TPSA) is 54.0 Å². The van der Waals surface area contributed by atoms with E-state index in [0.717, 1.165) is 27.8 Å². The molecule has 5 aromatic rings. The Labute approximate surface area is 285 Å². The van der Waals surface area contributed by atoms with Crippen molar-refractivity contribution in [1.82, 2.24) is 14.9 Å². The first kappa shape index (κ1) is 31.9. The standard InChI is InChI=1S/C41H42N3O3P/c1-27-19-28(2)22-32(21-27)25-43-39-35-15-9-11-17-37(35)46-48(42-31(5)34-13-7-6-8-14-34)47-38-18-12-10-16-36(38)40(39)44(41(43)45)26-33-23-29(3)20-30(4)24-33/h6-24,31,39-40,42H,25-26H2,1-5H3/t31-,39+,40+/m0/s1. The fraction of sp³-hybridized carbons (Fsp3) is 0.244. The second-order valence-electron chi connectivity index (χ2n) is 13.2. The fourth-order valence-electron chi connectivity index (χ4n) is 7.31. The molecule has 2 aliphatic rings. The number of nitrogens with zero attached hydrogens (tertiary/aromatic N) is 2. The predicted octanol–water partition coefficient (Wildman–Crippen LogP) is 10.2. The molecule has 0 radical (unpaired) electrons. The maximum Gasteiger partial charge on any atom is 0.382 e. The van der Waals surface area contributed by atoms with Gasteiger partial charge in [0.15, 0.2) is 0 Å². The van der Waals surface area contributed by atoms with Gasteiger partial charge in [-0.25, -0.2) is 9.88 Å². The molecule has 7 heteroatoms. The van der Waals surface area contributed by atoms with E-state index >= 15 is 0 Å². The largest absolute Gasteiger partial charge is 0.427 e. The summed E-state index contributed by atoms with van der Waals surface area (Å²) < 4.78 is 13.6. The minimum atomic E-state index is -1.61. The van der Waals surface area contributed by atoms with E-state index in [1.54, 1.807) is 0 Å². The van der Waals surface area contributed by atoms with Gasteiger partial charge in [0.2, 0.25) is 0 Å². The highest BCUT2D eigenvalue weighted by Crippen LogP contribution is 2.55. The molecule has 48 heavy (non-hydrogen) atoms. The van der Waals surface area contributed by atoms with Crippen LogP contribution in [0.15, 0.2) is 115 Å². The van der Waals surface area contributed by atoms with Gasteiger partial charge >= 0.3 is 14.6 Å². The van der Waals surface area contributed by atoms with Crippen LogP contribution in [-0.4, -0.2) is 15.8 Å². The summed E-state index contributed by atoms with van der Waals surface area (Å²) in [5.41, 5.74) is 10.0. The van der Waals surface area contributed by atoms with E-state index in [1.165, 1.54) is 22.3 Å². The van der Waals surface area contributed by atoms with E-state index in [1.807, 2.05) is 64.4 Å². The van der Waals surface area contributed by atoms with Crippen LogP contribution >= 0.6 is 8.53 Å². The van der Waals surface area contributed by atoms with Gasteiger partial charge in [-0.2, -0.15) is 0 Å². The zero-order chi connectivity index (χ0) is 33.4.